The van der Waals surface area contributed by atoms with E-state index < -0.39 is 17.8 Å². The number of anilines is 2. The largest absolute Gasteiger partial charge is 0.416 e. The molecule has 0 unspecified atom stereocenters. The Balaban J connectivity index is 1.70. The number of amides is 1. The maximum atomic E-state index is 13.4. The van der Waals surface area contributed by atoms with Crippen molar-refractivity contribution in [1.82, 2.24) is 4.98 Å². The zero-order chi connectivity index (χ0) is 20.9. The van der Waals surface area contributed by atoms with Crippen molar-refractivity contribution in [3.05, 3.63) is 52.7 Å². The minimum atomic E-state index is -4.53. The number of hydrogen-bond acceptors (Lipinski definition) is 3. The molecule has 0 N–H and O–H groups in total. The van der Waals surface area contributed by atoms with Gasteiger partial charge < -0.3 is 9.80 Å². The molecule has 29 heavy (non-hydrogen) atoms. The zero-order valence-electron chi connectivity index (χ0n) is 16.1. The lowest BCUT2D eigenvalue weighted by atomic mass is 9.97. The molecule has 2 heterocycles. The van der Waals surface area contributed by atoms with Gasteiger partial charge in [-0.05, 0) is 61.9 Å². The summed E-state index contributed by atoms with van der Waals surface area (Å²) < 4.78 is 39.9. The van der Waals surface area contributed by atoms with Gasteiger partial charge in [0.2, 0.25) is 5.91 Å². The molecule has 0 radical (unpaired) electrons. The van der Waals surface area contributed by atoms with E-state index in [1.165, 1.54) is 0 Å². The van der Waals surface area contributed by atoms with E-state index in [9.17, 15) is 18.0 Å². The minimum Gasteiger partial charge on any atom is -0.341 e. The molecule has 1 aliphatic carbocycles. The summed E-state index contributed by atoms with van der Waals surface area (Å²) in [6.07, 6.45) is -2.05. The van der Waals surface area contributed by atoms with E-state index in [4.69, 9.17) is 11.6 Å². The third-order valence-electron chi connectivity index (χ3n) is 5.93. The van der Waals surface area contributed by atoms with Gasteiger partial charge in [-0.2, -0.15) is 13.2 Å². The summed E-state index contributed by atoms with van der Waals surface area (Å²) in [4.78, 5) is 20.9. The number of alkyl halides is 3. The van der Waals surface area contributed by atoms with E-state index in [0.29, 0.717) is 0 Å². The molecule has 1 aromatic carbocycles. The SMILES string of the molecule is Cc1cccc(N(C)C(=O)[C@@H]2[C@H]3CC[C@H](C3)N2c2cc(C(F)(F)F)cc(Cl)n2)c1. The predicted octanol–water partition coefficient (Wildman–Crippen LogP) is 5.08. The van der Waals surface area contributed by atoms with Gasteiger partial charge in [-0.3, -0.25) is 4.79 Å². The Bertz CT molecular complexity index is 949. The van der Waals surface area contributed by atoms with Crippen LogP contribution >= 0.6 is 11.6 Å². The van der Waals surface area contributed by atoms with Crippen molar-refractivity contribution in [1.29, 1.82) is 0 Å². The first-order chi connectivity index (χ1) is 13.6. The molecule has 1 aliphatic heterocycles. The maximum absolute atomic E-state index is 13.4. The first kappa shape index (κ1) is 20.0. The molecule has 1 saturated carbocycles. The first-order valence-corrected chi connectivity index (χ1v) is 9.90. The van der Waals surface area contributed by atoms with E-state index in [2.05, 4.69) is 4.98 Å². The number of halogens is 4. The Morgan fingerprint density at radius 1 is 1.24 bits per heavy atom. The van der Waals surface area contributed by atoms with Gasteiger partial charge in [0, 0.05) is 18.8 Å². The molecule has 1 amide bonds. The van der Waals surface area contributed by atoms with Crippen LogP contribution in [0.1, 0.15) is 30.4 Å². The van der Waals surface area contributed by atoms with Crippen LogP contribution in [0.2, 0.25) is 5.15 Å². The Hall–Kier alpha value is -2.28. The number of carbonyl (C=O) groups excluding carboxylic acids is 1. The second-order valence-electron chi connectivity index (χ2n) is 7.85. The molecule has 2 aliphatic rings. The topological polar surface area (TPSA) is 36.4 Å². The van der Waals surface area contributed by atoms with Crippen LogP contribution in [0.15, 0.2) is 36.4 Å². The second kappa shape index (κ2) is 7.20. The number of benzene rings is 1. The van der Waals surface area contributed by atoms with E-state index in [0.717, 1.165) is 42.6 Å². The van der Waals surface area contributed by atoms with Crippen LogP contribution < -0.4 is 9.80 Å². The van der Waals surface area contributed by atoms with Gasteiger partial charge in [0.25, 0.3) is 0 Å². The Kier molecular flexibility index (Phi) is 4.97. The standard InChI is InChI=1S/C21H21ClF3N3O/c1-12-4-3-5-15(8-12)27(2)20(29)19-13-6-7-16(9-13)28(19)18-11-14(21(23,24)25)10-17(22)26-18/h3-5,8,10-11,13,16,19H,6-7,9H2,1-2H3/t13-,16+,19-/m0/s1. The average Bonchev–Trinajstić information content (AvgIpc) is 3.27. The Morgan fingerprint density at radius 3 is 2.69 bits per heavy atom. The second-order valence-corrected chi connectivity index (χ2v) is 8.24. The Morgan fingerprint density at radius 2 is 2.00 bits per heavy atom. The Labute approximate surface area is 172 Å². The average molecular weight is 424 g/mol. The quantitative estimate of drug-likeness (QED) is 0.646. The van der Waals surface area contributed by atoms with Gasteiger partial charge in [-0.15, -0.1) is 0 Å². The number of pyridine rings is 1. The van der Waals surface area contributed by atoms with Gasteiger partial charge in [-0.25, -0.2) is 4.98 Å². The molecular formula is C21H21ClF3N3O. The normalized spacial score (nSPS) is 23.5. The molecule has 8 heteroatoms. The van der Waals surface area contributed by atoms with Crippen LogP contribution in [0.5, 0.6) is 0 Å². The first-order valence-electron chi connectivity index (χ1n) is 9.52. The molecule has 1 aromatic heterocycles. The van der Waals surface area contributed by atoms with E-state index in [1.54, 1.807) is 16.8 Å². The number of carbonyl (C=O) groups is 1. The smallest absolute Gasteiger partial charge is 0.341 e. The summed E-state index contributed by atoms with van der Waals surface area (Å²) in [7, 11) is 1.70. The highest BCUT2D eigenvalue weighted by molar-refractivity contribution is 6.29. The predicted molar refractivity (Wildman–Crippen MR) is 106 cm³/mol. The third-order valence-corrected chi connectivity index (χ3v) is 6.12. The lowest BCUT2D eigenvalue weighted by Crippen LogP contribution is -2.51. The summed E-state index contributed by atoms with van der Waals surface area (Å²) in [5.41, 5.74) is 0.930. The highest BCUT2D eigenvalue weighted by atomic mass is 35.5. The minimum absolute atomic E-state index is 0.00749. The van der Waals surface area contributed by atoms with Crippen molar-refractivity contribution in [3.8, 4) is 0 Å². The fraction of sp³-hybridized carbons (Fsp3) is 0.429. The van der Waals surface area contributed by atoms with Crippen molar-refractivity contribution in [2.24, 2.45) is 5.92 Å². The number of fused-ring (bicyclic) bond motifs is 2. The highest BCUT2D eigenvalue weighted by Gasteiger charge is 2.51. The van der Waals surface area contributed by atoms with Crippen LogP contribution in [0.3, 0.4) is 0 Å². The molecular weight excluding hydrogens is 403 g/mol. The summed E-state index contributed by atoms with van der Waals surface area (Å²) in [6, 6.07) is 8.84. The number of piperidine rings is 1. The van der Waals surface area contributed by atoms with Crippen molar-refractivity contribution >= 4 is 29.0 Å². The van der Waals surface area contributed by atoms with Crippen LogP contribution in [0, 0.1) is 12.8 Å². The number of aryl methyl sites for hydroxylation is 1. The number of aromatic nitrogens is 1. The molecule has 4 nitrogen and oxygen atoms in total. The molecule has 4 rings (SSSR count). The number of likely N-dealkylation sites (N-methyl/N-ethyl adjacent to an activating group) is 1. The summed E-state index contributed by atoms with van der Waals surface area (Å²) >= 11 is 5.91. The molecule has 3 atom stereocenters. The molecule has 2 aromatic rings. The van der Waals surface area contributed by atoms with E-state index >= 15 is 0 Å². The van der Waals surface area contributed by atoms with E-state index in [1.807, 2.05) is 31.2 Å². The number of rotatable bonds is 3. The van der Waals surface area contributed by atoms with Crippen LogP contribution in [-0.2, 0) is 11.0 Å². The monoisotopic (exact) mass is 423 g/mol. The van der Waals surface area contributed by atoms with Gasteiger partial charge in [-0.1, -0.05) is 23.7 Å². The molecule has 2 bridgehead atoms. The molecule has 1 saturated heterocycles. The lowest BCUT2D eigenvalue weighted by Gasteiger charge is -2.37. The molecule has 154 valence electrons. The van der Waals surface area contributed by atoms with E-state index in [-0.39, 0.29) is 28.8 Å². The summed E-state index contributed by atoms with van der Waals surface area (Å²) in [6.45, 7) is 1.94. The van der Waals surface area contributed by atoms with Crippen molar-refractivity contribution < 1.29 is 18.0 Å². The highest BCUT2D eigenvalue weighted by Crippen LogP contribution is 2.46. The zero-order valence-corrected chi connectivity index (χ0v) is 16.8. The fourth-order valence-electron chi connectivity index (χ4n) is 4.58. The van der Waals surface area contributed by atoms with Crippen LogP contribution in [0.4, 0.5) is 24.7 Å². The van der Waals surface area contributed by atoms with Crippen LogP contribution in [0.25, 0.3) is 0 Å². The van der Waals surface area contributed by atoms with Gasteiger partial charge in [0.15, 0.2) is 0 Å². The summed E-state index contributed by atoms with van der Waals surface area (Å²) in [5.74, 6) is 0.0704. The fourth-order valence-corrected chi connectivity index (χ4v) is 4.78. The third kappa shape index (κ3) is 3.68. The van der Waals surface area contributed by atoms with Crippen LogP contribution in [-0.4, -0.2) is 30.0 Å². The maximum Gasteiger partial charge on any atom is 0.416 e. The van der Waals surface area contributed by atoms with Crippen molar-refractivity contribution in [2.45, 2.75) is 44.4 Å². The molecule has 2 fully saturated rings. The van der Waals surface area contributed by atoms with Gasteiger partial charge in [0.1, 0.15) is 17.0 Å². The van der Waals surface area contributed by atoms with Crippen molar-refractivity contribution in [2.75, 3.05) is 16.8 Å². The van der Waals surface area contributed by atoms with Crippen molar-refractivity contribution in [3.63, 3.8) is 0 Å². The lowest BCUT2D eigenvalue weighted by molar-refractivity contribution is -0.137. The van der Waals surface area contributed by atoms with Gasteiger partial charge in [0.05, 0.1) is 5.56 Å². The number of nitrogens with zero attached hydrogens (tertiary/aromatic N) is 3. The number of hydrogen-bond donors (Lipinski definition) is 0. The van der Waals surface area contributed by atoms with Gasteiger partial charge >= 0.3 is 6.18 Å². The molecule has 0 spiro atoms. The summed E-state index contributed by atoms with van der Waals surface area (Å²) in [5, 5.41) is -0.226.